The van der Waals surface area contributed by atoms with E-state index in [0.717, 1.165) is 41.6 Å². The van der Waals surface area contributed by atoms with Crippen LogP contribution in [0, 0.1) is 0 Å². The lowest BCUT2D eigenvalue weighted by molar-refractivity contribution is 0.0525. The number of hydrogen-bond acceptors (Lipinski definition) is 4. The van der Waals surface area contributed by atoms with Crippen LogP contribution in [-0.4, -0.2) is 66.8 Å². The highest BCUT2D eigenvalue weighted by Crippen LogP contribution is 2.29. The molecule has 1 fully saturated rings. The molecule has 5 heteroatoms. The summed E-state index contributed by atoms with van der Waals surface area (Å²) in [4.78, 5) is 17.1. The molecule has 2 aromatic carbocycles. The number of ether oxygens (including phenoxy) is 1. The first-order chi connectivity index (χ1) is 12.1. The number of carbonyl (C=O) groups excluding carboxylic acids is 1. The van der Waals surface area contributed by atoms with Gasteiger partial charge in [0.2, 0.25) is 0 Å². The Morgan fingerprint density at radius 3 is 2.44 bits per heavy atom. The summed E-state index contributed by atoms with van der Waals surface area (Å²) in [5.41, 5.74) is 0.721. The summed E-state index contributed by atoms with van der Waals surface area (Å²) < 4.78 is 5.41. The van der Waals surface area contributed by atoms with E-state index in [1.165, 1.54) is 0 Å². The van der Waals surface area contributed by atoms with Crippen LogP contribution in [0.5, 0.6) is 5.75 Å². The minimum Gasteiger partial charge on any atom is -0.496 e. The van der Waals surface area contributed by atoms with Crippen molar-refractivity contribution in [2.24, 2.45) is 0 Å². The smallest absolute Gasteiger partial charge is 0.254 e. The lowest BCUT2D eigenvalue weighted by atomic mass is 10.0. The van der Waals surface area contributed by atoms with E-state index in [-0.39, 0.29) is 12.0 Å². The molecule has 5 nitrogen and oxygen atoms in total. The fraction of sp³-hybridized carbons (Fsp3) is 0.450. The standard InChI is InChI=1S/C20H26N2O3/c1-3-15(23)14-21-10-12-22(13-11-21)20(24)18-8-9-19(25-2)17-7-5-4-6-16(17)18/h4-9,15,23H,3,10-14H2,1-2H3/t15-/m0/s1. The van der Waals surface area contributed by atoms with Gasteiger partial charge in [0, 0.05) is 43.7 Å². The van der Waals surface area contributed by atoms with Gasteiger partial charge in [0.1, 0.15) is 5.75 Å². The number of aliphatic hydroxyl groups is 1. The van der Waals surface area contributed by atoms with Gasteiger partial charge in [-0.15, -0.1) is 0 Å². The first-order valence-electron chi connectivity index (χ1n) is 8.89. The third kappa shape index (κ3) is 3.78. The maximum Gasteiger partial charge on any atom is 0.254 e. The molecule has 1 aliphatic heterocycles. The van der Waals surface area contributed by atoms with E-state index in [2.05, 4.69) is 4.90 Å². The monoisotopic (exact) mass is 342 g/mol. The van der Waals surface area contributed by atoms with Gasteiger partial charge in [-0.25, -0.2) is 0 Å². The van der Waals surface area contributed by atoms with Gasteiger partial charge in [-0.3, -0.25) is 9.69 Å². The molecule has 1 aliphatic rings. The molecule has 0 radical (unpaired) electrons. The van der Waals surface area contributed by atoms with Gasteiger partial charge >= 0.3 is 0 Å². The van der Waals surface area contributed by atoms with Gasteiger partial charge in [-0.05, 0) is 23.9 Å². The molecule has 0 bridgehead atoms. The second kappa shape index (κ2) is 7.85. The van der Waals surface area contributed by atoms with Crippen LogP contribution in [0.25, 0.3) is 10.8 Å². The molecule has 1 N–H and O–H groups in total. The first-order valence-corrected chi connectivity index (χ1v) is 8.89. The Kier molecular flexibility index (Phi) is 5.56. The van der Waals surface area contributed by atoms with Gasteiger partial charge < -0.3 is 14.7 Å². The van der Waals surface area contributed by atoms with Crippen LogP contribution < -0.4 is 4.74 Å². The SMILES string of the molecule is CC[C@H](O)CN1CCN(C(=O)c2ccc(OC)c3ccccc23)CC1. The Morgan fingerprint density at radius 1 is 1.12 bits per heavy atom. The van der Waals surface area contributed by atoms with Gasteiger partial charge in [0.15, 0.2) is 0 Å². The van der Waals surface area contributed by atoms with E-state index in [1.807, 2.05) is 48.2 Å². The Bertz CT molecular complexity index is 739. The molecule has 2 aromatic rings. The lowest BCUT2D eigenvalue weighted by Crippen LogP contribution is -2.50. The van der Waals surface area contributed by atoms with Gasteiger partial charge in [0.25, 0.3) is 5.91 Å². The molecule has 0 saturated carbocycles. The van der Waals surface area contributed by atoms with Gasteiger partial charge in [0.05, 0.1) is 13.2 Å². The number of hydrogen-bond donors (Lipinski definition) is 1. The van der Waals surface area contributed by atoms with E-state index >= 15 is 0 Å². The van der Waals surface area contributed by atoms with Crippen LogP contribution in [0.4, 0.5) is 0 Å². The lowest BCUT2D eigenvalue weighted by Gasteiger charge is -2.35. The maximum atomic E-state index is 13.0. The number of methoxy groups -OCH3 is 1. The van der Waals surface area contributed by atoms with Crippen LogP contribution >= 0.6 is 0 Å². The molecule has 1 atom stereocenters. The first kappa shape index (κ1) is 17.7. The van der Waals surface area contributed by atoms with E-state index < -0.39 is 0 Å². The average molecular weight is 342 g/mol. The number of carbonyl (C=O) groups is 1. The van der Waals surface area contributed by atoms with Crippen molar-refractivity contribution in [3.05, 3.63) is 42.0 Å². The number of fused-ring (bicyclic) bond motifs is 1. The third-order valence-electron chi connectivity index (χ3n) is 4.93. The Labute approximate surface area is 148 Å². The van der Waals surface area contributed by atoms with Gasteiger partial charge in [-0.2, -0.15) is 0 Å². The second-order valence-corrected chi connectivity index (χ2v) is 6.52. The molecule has 1 saturated heterocycles. The number of rotatable bonds is 5. The highest BCUT2D eigenvalue weighted by atomic mass is 16.5. The summed E-state index contributed by atoms with van der Waals surface area (Å²) in [6, 6.07) is 11.6. The number of benzene rings is 2. The molecule has 1 heterocycles. The quantitative estimate of drug-likeness (QED) is 0.906. The van der Waals surface area contributed by atoms with Crippen molar-refractivity contribution >= 4 is 16.7 Å². The summed E-state index contributed by atoms with van der Waals surface area (Å²) in [6.07, 6.45) is 0.476. The van der Waals surface area contributed by atoms with Crippen molar-refractivity contribution in [3.8, 4) is 5.75 Å². The van der Waals surface area contributed by atoms with E-state index in [9.17, 15) is 9.90 Å². The van der Waals surface area contributed by atoms with Crippen molar-refractivity contribution < 1.29 is 14.6 Å². The zero-order valence-electron chi connectivity index (χ0n) is 14.9. The normalized spacial score (nSPS) is 16.8. The summed E-state index contributed by atoms with van der Waals surface area (Å²) in [6.45, 7) is 5.66. The molecule has 3 rings (SSSR count). The van der Waals surface area contributed by atoms with Crippen LogP contribution in [0.15, 0.2) is 36.4 Å². The van der Waals surface area contributed by atoms with Crippen LogP contribution in [0.3, 0.4) is 0 Å². The van der Waals surface area contributed by atoms with Crippen molar-refractivity contribution in [3.63, 3.8) is 0 Å². The van der Waals surface area contributed by atoms with Crippen molar-refractivity contribution in [2.45, 2.75) is 19.4 Å². The highest BCUT2D eigenvalue weighted by Gasteiger charge is 2.24. The topological polar surface area (TPSA) is 53.0 Å². The summed E-state index contributed by atoms with van der Waals surface area (Å²) >= 11 is 0. The Balaban J connectivity index is 1.75. The van der Waals surface area contributed by atoms with E-state index in [0.29, 0.717) is 19.6 Å². The van der Waals surface area contributed by atoms with Crippen molar-refractivity contribution in [2.75, 3.05) is 39.8 Å². The molecular formula is C20H26N2O3. The minimum atomic E-state index is -0.284. The number of piperazine rings is 1. The zero-order valence-corrected chi connectivity index (χ0v) is 14.9. The number of nitrogens with zero attached hydrogens (tertiary/aromatic N) is 2. The van der Waals surface area contributed by atoms with Crippen LogP contribution in [0.1, 0.15) is 23.7 Å². The predicted molar refractivity (Wildman–Crippen MR) is 99.1 cm³/mol. The zero-order chi connectivity index (χ0) is 17.8. The Hall–Kier alpha value is -2.11. The molecule has 0 aliphatic carbocycles. The molecule has 134 valence electrons. The number of amides is 1. The van der Waals surface area contributed by atoms with E-state index in [1.54, 1.807) is 7.11 Å². The van der Waals surface area contributed by atoms with Crippen molar-refractivity contribution in [1.82, 2.24) is 9.80 Å². The Morgan fingerprint density at radius 2 is 1.80 bits per heavy atom. The van der Waals surface area contributed by atoms with Crippen LogP contribution in [-0.2, 0) is 0 Å². The minimum absolute atomic E-state index is 0.0644. The number of β-amino-alcohol motifs (C(OH)–C–C–N with tert-alkyl or cyclic N) is 1. The maximum absolute atomic E-state index is 13.0. The molecule has 25 heavy (non-hydrogen) atoms. The largest absolute Gasteiger partial charge is 0.496 e. The fourth-order valence-corrected chi connectivity index (χ4v) is 3.37. The second-order valence-electron chi connectivity index (χ2n) is 6.52. The molecule has 0 spiro atoms. The molecular weight excluding hydrogens is 316 g/mol. The van der Waals surface area contributed by atoms with Gasteiger partial charge in [-0.1, -0.05) is 31.2 Å². The molecule has 0 aromatic heterocycles. The van der Waals surface area contributed by atoms with Crippen LogP contribution in [0.2, 0.25) is 0 Å². The predicted octanol–water partition coefficient (Wildman–Crippen LogP) is 2.38. The fourth-order valence-electron chi connectivity index (χ4n) is 3.37. The summed E-state index contributed by atoms with van der Waals surface area (Å²) in [5.74, 6) is 0.847. The van der Waals surface area contributed by atoms with E-state index in [4.69, 9.17) is 4.74 Å². The number of aliphatic hydroxyl groups excluding tert-OH is 1. The highest BCUT2D eigenvalue weighted by molar-refractivity contribution is 6.08. The summed E-state index contributed by atoms with van der Waals surface area (Å²) in [5, 5.41) is 11.7. The third-order valence-corrected chi connectivity index (χ3v) is 4.93. The molecule has 0 unspecified atom stereocenters. The molecule has 1 amide bonds. The average Bonchev–Trinajstić information content (AvgIpc) is 2.67. The van der Waals surface area contributed by atoms with Crippen molar-refractivity contribution in [1.29, 1.82) is 0 Å². The summed E-state index contributed by atoms with van der Waals surface area (Å²) in [7, 11) is 1.65.